The van der Waals surface area contributed by atoms with Gasteiger partial charge in [0.25, 0.3) is 0 Å². The Morgan fingerprint density at radius 1 is 1.54 bits per heavy atom. The third-order valence-corrected chi connectivity index (χ3v) is 2.98. The minimum absolute atomic E-state index is 0.0879. The Morgan fingerprint density at radius 2 is 2.31 bits per heavy atom. The van der Waals surface area contributed by atoms with E-state index in [1.807, 2.05) is 24.3 Å². The highest BCUT2D eigenvalue weighted by atomic mass is 79.9. The highest BCUT2D eigenvalue weighted by molar-refractivity contribution is 9.09. The Bertz CT molecular complexity index is 305. The van der Waals surface area contributed by atoms with Crippen LogP contribution in [-0.4, -0.2) is 23.6 Å². The van der Waals surface area contributed by atoms with Gasteiger partial charge in [-0.25, -0.2) is 0 Å². The van der Waals surface area contributed by atoms with E-state index in [1.54, 1.807) is 0 Å². The lowest BCUT2D eigenvalue weighted by atomic mass is 9.72. The molecule has 0 saturated heterocycles. The van der Waals surface area contributed by atoms with Crippen molar-refractivity contribution in [3.8, 4) is 0 Å². The molecule has 1 atom stereocenters. The van der Waals surface area contributed by atoms with Crippen molar-refractivity contribution in [2.24, 2.45) is 0 Å². The number of alkyl halides is 1. The van der Waals surface area contributed by atoms with E-state index >= 15 is 0 Å². The molecule has 68 valence electrons. The summed E-state index contributed by atoms with van der Waals surface area (Å²) < 4.78 is 5.37. The second kappa shape index (κ2) is 3.82. The molecule has 2 nitrogen and oxygen atoms in total. The summed E-state index contributed by atoms with van der Waals surface area (Å²) in [6.07, 6.45) is 0.961. The standard InChI is InChI=1S/C9H10BBrO2/c11-6-8-5-7-3-1-2-4-9(7)10(12)13-8/h1-4,8,12H,5-6H2. The van der Waals surface area contributed by atoms with Crippen LogP contribution in [0, 0.1) is 0 Å². The minimum Gasteiger partial charge on any atom is -0.423 e. The first kappa shape index (κ1) is 9.25. The van der Waals surface area contributed by atoms with Crippen molar-refractivity contribution in [2.45, 2.75) is 12.5 Å². The second-order valence-corrected chi connectivity index (χ2v) is 3.82. The molecule has 0 spiro atoms. The fourth-order valence-corrected chi connectivity index (χ4v) is 1.98. The van der Waals surface area contributed by atoms with Crippen LogP contribution < -0.4 is 5.46 Å². The maximum Gasteiger partial charge on any atom is 0.491 e. The molecule has 1 unspecified atom stereocenters. The van der Waals surface area contributed by atoms with Crippen molar-refractivity contribution < 1.29 is 9.68 Å². The van der Waals surface area contributed by atoms with Crippen LogP contribution in [0.4, 0.5) is 0 Å². The lowest BCUT2D eigenvalue weighted by Crippen LogP contribution is -2.45. The summed E-state index contributed by atoms with van der Waals surface area (Å²) in [6.45, 7) is 0. The quantitative estimate of drug-likeness (QED) is 0.579. The highest BCUT2D eigenvalue weighted by Crippen LogP contribution is 2.13. The average Bonchev–Trinajstić information content (AvgIpc) is 2.18. The first-order valence-electron chi connectivity index (χ1n) is 4.28. The van der Waals surface area contributed by atoms with Gasteiger partial charge in [0.1, 0.15) is 0 Å². The van der Waals surface area contributed by atoms with Crippen molar-refractivity contribution in [3.63, 3.8) is 0 Å². The van der Waals surface area contributed by atoms with Crippen LogP contribution in [0.3, 0.4) is 0 Å². The summed E-state index contributed by atoms with van der Waals surface area (Å²) in [5, 5.41) is 10.4. The molecule has 2 rings (SSSR count). The van der Waals surface area contributed by atoms with Gasteiger partial charge in [0.05, 0.1) is 6.10 Å². The molecule has 0 bridgehead atoms. The van der Waals surface area contributed by atoms with Gasteiger partial charge in [0.15, 0.2) is 0 Å². The molecule has 0 aromatic heterocycles. The molecule has 1 aliphatic rings. The molecule has 0 radical (unpaired) electrons. The van der Waals surface area contributed by atoms with Crippen LogP contribution in [-0.2, 0) is 11.1 Å². The number of hydrogen-bond acceptors (Lipinski definition) is 2. The molecule has 4 heteroatoms. The number of fused-ring (bicyclic) bond motifs is 1. The predicted molar refractivity (Wildman–Crippen MR) is 56.4 cm³/mol. The van der Waals surface area contributed by atoms with Gasteiger partial charge >= 0.3 is 7.12 Å². The zero-order valence-corrected chi connectivity index (χ0v) is 8.70. The summed E-state index contributed by atoms with van der Waals surface area (Å²) in [6, 6.07) is 7.85. The number of rotatable bonds is 1. The van der Waals surface area contributed by atoms with E-state index in [0.717, 1.165) is 17.2 Å². The Balaban J connectivity index is 2.31. The maximum atomic E-state index is 9.62. The molecule has 1 aliphatic heterocycles. The Hall–Kier alpha value is -0.315. The van der Waals surface area contributed by atoms with Gasteiger partial charge in [-0.1, -0.05) is 40.2 Å². The molecule has 1 aromatic carbocycles. The lowest BCUT2D eigenvalue weighted by molar-refractivity contribution is 0.188. The van der Waals surface area contributed by atoms with Crippen LogP contribution in [0.5, 0.6) is 0 Å². The largest absolute Gasteiger partial charge is 0.491 e. The van der Waals surface area contributed by atoms with E-state index in [1.165, 1.54) is 5.56 Å². The van der Waals surface area contributed by atoms with Crippen LogP contribution in [0.15, 0.2) is 24.3 Å². The van der Waals surface area contributed by atoms with Gasteiger partial charge in [0.2, 0.25) is 0 Å². The maximum absolute atomic E-state index is 9.62. The number of hydrogen-bond donors (Lipinski definition) is 1. The second-order valence-electron chi connectivity index (χ2n) is 3.17. The van der Waals surface area contributed by atoms with Crippen molar-refractivity contribution in [1.82, 2.24) is 0 Å². The van der Waals surface area contributed by atoms with Crippen molar-refractivity contribution in [1.29, 1.82) is 0 Å². The van der Waals surface area contributed by atoms with E-state index in [9.17, 15) is 5.02 Å². The summed E-state index contributed by atoms with van der Waals surface area (Å²) in [7, 11) is -0.757. The fourth-order valence-electron chi connectivity index (χ4n) is 1.60. The fraction of sp³-hybridized carbons (Fsp3) is 0.333. The van der Waals surface area contributed by atoms with Gasteiger partial charge in [0, 0.05) is 5.33 Å². The molecule has 0 saturated carbocycles. The SMILES string of the molecule is OB1OC(CBr)Cc2ccccc21. The van der Waals surface area contributed by atoms with Crippen LogP contribution in [0.1, 0.15) is 5.56 Å². The van der Waals surface area contributed by atoms with Gasteiger partial charge < -0.3 is 9.68 Å². The topological polar surface area (TPSA) is 29.5 Å². The third kappa shape index (κ3) is 1.80. The van der Waals surface area contributed by atoms with Gasteiger partial charge in [-0.05, 0) is 17.4 Å². The number of benzene rings is 1. The zero-order valence-electron chi connectivity index (χ0n) is 7.11. The summed E-state index contributed by atoms with van der Waals surface area (Å²) >= 11 is 3.35. The first-order valence-corrected chi connectivity index (χ1v) is 5.40. The van der Waals surface area contributed by atoms with E-state index < -0.39 is 7.12 Å². The van der Waals surface area contributed by atoms with Crippen molar-refractivity contribution in [2.75, 3.05) is 5.33 Å². The molecule has 13 heavy (non-hydrogen) atoms. The van der Waals surface area contributed by atoms with E-state index in [2.05, 4.69) is 15.9 Å². The highest BCUT2D eigenvalue weighted by Gasteiger charge is 2.29. The smallest absolute Gasteiger partial charge is 0.423 e. The van der Waals surface area contributed by atoms with E-state index in [-0.39, 0.29) is 6.10 Å². The number of halogens is 1. The molecular weight excluding hydrogens is 231 g/mol. The molecule has 1 aromatic rings. The van der Waals surface area contributed by atoms with E-state index in [0.29, 0.717) is 0 Å². The van der Waals surface area contributed by atoms with E-state index in [4.69, 9.17) is 4.65 Å². The van der Waals surface area contributed by atoms with Crippen LogP contribution in [0.25, 0.3) is 0 Å². The molecule has 0 amide bonds. The van der Waals surface area contributed by atoms with Gasteiger partial charge in [-0.2, -0.15) is 0 Å². The third-order valence-electron chi connectivity index (χ3n) is 2.26. The molecule has 0 aliphatic carbocycles. The molecule has 0 fully saturated rings. The lowest BCUT2D eigenvalue weighted by Gasteiger charge is -2.25. The Morgan fingerprint density at radius 3 is 3.08 bits per heavy atom. The Kier molecular flexibility index (Phi) is 2.72. The monoisotopic (exact) mass is 240 g/mol. The predicted octanol–water partition coefficient (Wildman–Crippen LogP) is 0.710. The van der Waals surface area contributed by atoms with Gasteiger partial charge in [-0.15, -0.1) is 0 Å². The summed E-state index contributed by atoms with van der Waals surface area (Å²) in [5.41, 5.74) is 2.09. The minimum atomic E-state index is -0.757. The van der Waals surface area contributed by atoms with Crippen LogP contribution >= 0.6 is 15.9 Å². The normalized spacial score (nSPS) is 21.4. The van der Waals surface area contributed by atoms with Crippen LogP contribution in [0.2, 0.25) is 0 Å². The molecule has 1 N–H and O–H groups in total. The first-order chi connectivity index (χ1) is 6.31. The van der Waals surface area contributed by atoms with Crippen molar-refractivity contribution >= 4 is 28.5 Å². The Labute approximate surface area is 86.2 Å². The average molecular weight is 241 g/mol. The van der Waals surface area contributed by atoms with Gasteiger partial charge in [-0.3, -0.25) is 0 Å². The summed E-state index contributed by atoms with van der Waals surface area (Å²) in [5.74, 6) is 0. The molecular formula is C9H10BBrO2. The molecule has 1 heterocycles. The zero-order chi connectivity index (χ0) is 9.26. The summed E-state index contributed by atoms with van der Waals surface area (Å²) in [4.78, 5) is 0. The van der Waals surface area contributed by atoms with Crippen molar-refractivity contribution in [3.05, 3.63) is 29.8 Å².